The lowest BCUT2D eigenvalue weighted by molar-refractivity contribution is 0.674. The van der Waals surface area contributed by atoms with E-state index >= 15 is 0 Å². The van der Waals surface area contributed by atoms with Crippen molar-refractivity contribution in [3.8, 4) is 0 Å². The summed E-state index contributed by atoms with van der Waals surface area (Å²) in [6.07, 6.45) is 2.08. The second-order valence-electron chi connectivity index (χ2n) is 2.24. The van der Waals surface area contributed by atoms with Gasteiger partial charge in [-0.2, -0.15) is 0 Å². The number of hydrogen-bond acceptors (Lipinski definition) is 4. The Bertz CT molecular complexity index is 234. The van der Waals surface area contributed by atoms with Gasteiger partial charge in [0.05, 0.1) is 5.69 Å². The molecule has 0 atom stereocenters. The molecule has 1 saturated heterocycles. The van der Waals surface area contributed by atoms with Crippen LogP contribution in [0, 0.1) is 0 Å². The van der Waals surface area contributed by atoms with Crippen molar-refractivity contribution in [1.29, 1.82) is 0 Å². The first-order valence-corrected chi connectivity index (χ1v) is 3.96. The number of nitrogens with zero attached hydrogens (tertiary/aromatic N) is 2. The number of hydrogen-bond donors (Lipinski definition) is 1. The molecule has 0 radical (unpaired) electrons. The fourth-order valence-electron chi connectivity index (χ4n) is 0.815. The smallest absolute Gasteiger partial charge is 0.0982 e. The van der Waals surface area contributed by atoms with Crippen molar-refractivity contribution in [2.45, 2.75) is 0 Å². The molecule has 0 aromatic carbocycles. The molecule has 1 aromatic heterocycles. The molecular formula is C6H7N3S. The Morgan fingerprint density at radius 2 is 2.50 bits per heavy atom. The Kier molecular flexibility index (Phi) is 1.49. The maximum Gasteiger partial charge on any atom is 0.0982 e. The monoisotopic (exact) mass is 153 g/mol. The molecule has 0 saturated carbocycles. The molecular weight excluding hydrogens is 146 g/mol. The lowest BCUT2D eigenvalue weighted by atomic mass is 10.1. The zero-order valence-corrected chi connectivity index (χ0v) is 6.19. The average molecular weight is 153 g/mol. The van der Waals surface area contributed by atoms with E-state index in [1.165, 1.54) is 17.1 Å². The summed E-state index contributed by atoms with van der Waals surface area (Å²) in [6.45, 7) is 2.02. The zero-order chi connectivity index (χ0) is 6.81. The summed E-state index contributed by atoms with van der Waals surface area (Å²) in [4.78, 5) is 0. The molecule has 3 nitrogen and oxygen atoms in total. The van der Waals surface area contributed by atoms with Gasteiger partial charge >= 0.3 is 0 Å². The van der Waals surface area contributed by atoms with Gasteiger partial charge in [-0.05, 0) is 23.2 Å². The summed E-state index contributed by atoms with van der Waals surface area (Å²) >= 11 is 1.39. The fourth-order valence-corrected chi connectivity index (χ4v) is 1.23. The summed E-state index contributed by atoms with van der Waals surface area (Å²) < 4.78 is 3.76. The SMILES string of the molecule is C(=C1CNC1)c1csnn1. The van der Waals surface area contributed by atoms with Crippen molar-refractivity contribution < 1.29 is 0 Å². The Morgan fingerprint density at radius 1 is 1.60 bits per heavy atom. The Hall–Kier alpha value is -0.740. The molecule has 52 valence electrons. The van der Waals surface area contributed by atoms with Gasteiger partial charge < -0.3 is 5.32 Å². The number of rotatable bonds is 1. The van der Waals surface area contributed by atoms with Gasteiger partial charge in [-0.25, -0.2) is 0 Å². The third-order valence-corrected chi connectivity index (χ3v) is 1.96. The van der Waals surface area contributed by atoms with Crippen molar-refractivity contribution >= 4 is 17.6 Å². The average Bonchev–Trinajstić information content (AvgIpc) is 2.29. The highest BCUT2D eigenvalue weighted by Crippen LogP contribution is 2.07. The van der Waals surface area contributed by atoms with Crippen LogP contribution in [0.3, 0.4) is 0 Å². The maximum atomic E-state index is 3.90. The minimum atomic E-state index is 0.988. The second-order valence-corrected chi connectivity index (χ2v) is 2.85. The Morgan fingerprint density at radius 3 is 3.00 bits per heavy atom. The second kappa shape index (κ2) is 2.48. The van der Waals surface area contributed by atoms with E-state index in [0.717, 1.165) is 18.8 Å². The lowest BCUT2D eigenvalue weighted by Crippen LogP contribution is -2.33. The van der Waals surface area contributed by atoms with Gasteiger partial charge in [0, 0.05) is 18.5 Å². The highest BCUT2D eigenvalue weighted by atomic mass is 32.1. The Balaban J connectivity index is 2.15. The van der Waals surface area contributed by atoms with E-state index in [0.29, 0.717) is 0 Å². The lowest BCUT2D eigenvalue weighted by Gasteiger charge is -2.17. The number of nitrogens with one attached hydrogen (secondary N) is 1. The van der Waals surface area contributed by atoms with E-state index in [1.807, 2.05) is 5.38 Å². The van der Waals surface area contributed by atoms with Crippen LogP contribution >= 0.6 is 11.5 Å². The van der Waals surface area contributed by atoms with Crippen molar-refractivity contribution in [1.82, 2.24) is 14.9 Å². The molecule has 0 aliphatic carbocycles. The standard InChI is InChI=1S/C6H7N3S/c1(5-2-7-3-5)6-4-10-9-8-6/h1,4,7H,2-3H2. The minimum Gasteiger partial charge on any atom is -0.309 e. The molecule has 0 spiro atoms. The molecule has 1 aliphatic rings. The molecule has 1 fully saturated rings. The van der Waals surface area contributed by atoms with Gasteiger partial charge in [-0.1, -0.05) is 4.49 Å². The summed E-state index contributed by atoms with van der Waals surface area (Å²) in [7, 11) is 0. The summed E-state index contributed by atoms with van der Waals surface area (Å²) in [5, 5.41) is 9.01. The van der Waals surface area contributed by atoms with Crippen molar-refractivity contribution in [2.24, 2.45) is 0 Å². The molecule has 1 N–H and O–H groups in total. The molecule has 4 heteroatoms. The van der Waals surface area contributed by atoms with E-state index in [-0.39, 0.29) is 0 Å². The highest BCUT2D eigenvalue weighted by Gasteiger charge is 2.06. The molecule has 10 heavy (non-hydrogen) atoms. The van der Waals surface area contributed by atoms with E-state index in [9.17, 15) is 0 Å². The van der Waals surface area contributed by atoms with Crippen LogP contribution in [0.1, 0.15) is 5.69 Å². The van der Waals surface area contributed by atoms with Gasteiger partial charge in [0.15, 0.2) is 0 Å². The van der Waals surface area contributed by atoms with E-state index in [2.05, 4.69) is 21.0 Å². The van der Waals surface area contributed by atoms with Crippen LogP contribution in [0.15, 0.2) is 11.0 Å². The summed E-state index contributed by atoms with van der Waals surface area (Å²) in [6, 6.07) is 0. The van der Waals surface area contributed by atoms with Gasteiger partial charge in [0.1, 0.15) is 0 Å². The normalized spacial score (nSPS) is 16.6. The first-order valence-electron chi connectivity index (χ1n) is 3.12. The van der Waals surface area contributed by atoms with Gasteiger partial charge in [0.25, 0.3) is 0 Å². The molecule has 2 rings (SSSR count). The molecule has 0 bridgehead atoms. The molecule has 1 aliphatic heterocycles. The molecule has 0 unspecified atom stereocenters. The molecule has 2 heterocycles. The number of aromatic nitrogens is 2. The van der Waals surface area contributed by atoms with Gasteiger partial charge in [0.2, 0.25) is 0 Å². The first-order chi connectivity index (χ1) is 4.95. The third-order valence-electron chi connectivity index (χ3n) is 1.43. The topological polar surface area (TPSA) is 37.8 Å². The molecule has 0 amide bonds. The van der Waals surface area contributed by atoms with E-state index in [4.69, 9.17) is 0 Å². The van der Waals surface area contributed by atoms with Crippen LogP contribution in [0.4, 0.5) is 0 Å². The quantitative estimate of drug-likeness (QED) is 0.639. The van der Waals surface area contributed by atoms with E-state index in [1.54, 1.807) is 0 Å². The van der Waals surface area contributed by atoms with Crippen molar-refractivity contribution in [3.63, 3.8) is 0 Å². The highest BCUT2D eigenvalue weighted by molar-refractivity contribution is 7.03. The van der Waals surface area contributed by atoms with Gasteiger partial charge in [-0.3, -0.25) is 0 Å². The predicted molar refractivity (Wildman–Crippen MR) is 40.8 cm³/mol. The van der Waals surface area contributed by atoms with Crippen LogP contribution in [-0.4, -0.2) is 22.7 Å². The van der Waals surface area contributed by atoms with Crippen LogP contribution < -0.4 is 5.32 Å². The summed E-state index contributed by atoms with van der Waals surface area (Å²) in [5.74, 6) is 0. The predicted octanol–water partition coefficient (Wildman–Crippen LogP) is 0.525. The summed E-state index contributed by atoms with van der Waals surface area (Å²) in [5.41, 5.74) is 2.40. The van der Waals surface area contributed by atoms with Crippen LogP contribution in [0.2, 0.25) is 0 Å². The molecule has 1 aromatic rings. The van der Waals surface area contributed by atoms with Crippen LogP contribution in [0.25, 0.3) is 6.08 Å². The zero-order valence-electron chi connectivity index (χ0n) is 5.37. The van der Waals surface area contributed by atoms with Gasteiger partial charge in [-0.15, -0.1) is 5.10 Å². The van der Waals surface area contributed by atoms with Crippen LogP contribution in [-0.2, 0) is 0 Å². The maximum absolute atomic E-state index is 3.90. The Labute approximate surface area is 62.9 Å². The third kappa shape index (κ3) is 1.08. The van der Waals surface area contributed by atoms with Crippen LogP contribution in [0.5, 0.6) is 0 Å². The van der Waals surface area contributed by atoms with Crippen molar-refractivity contribution in [3.05, 3.63) is 16.6 Å². The largest absolute Gasteiger partial charge is 0.309 e. The fraction of sp³-hybridized carbons (Fsp3) is 0.333. The van der Waals surface area contributed by atoms with E-state index < -0.39 is 0 Å². The minimum absolute atomic E-state index is 0.988. The van der Waals surface area contributed by atoms with Crippen molar-refractivity contribution in [2.75, 3.05) is 13.1 Å². The first kappa shape index (κ1) is 6.00.